The lowest BCUT2D eigenvalue weighted by Crippen LogP contribution is -2.21. The van der Waals surface area contributed by atoms with E-state index < -0.39 is 0 Å². The SMILES string of the molecule is CCOc1ccc(-c2c(C)sc3ncn(Cc4c(Cl)cccc4Cl)c(=O)c23)cc1. The Hall–Kier alpha value is -2.34. The fourth-order valence-electron chi connectivity index (χ4n) is 3.34. The zero-order valence-corrected chi connectivity index (χ0v) is 18.2. The summed E-state index contributed by atoms with van der Waals surface area (Å²) >= 11 is 14.1. The number of ether oxygens (including phenoxy) is 1. The maximum Gasteiger partial charge on any atom is 0.263 e. The lowest BCUT2D eigenvalue weighted by molar-refractivity contribution is 0.340. The number of rotatable bonds is 5. The van der Waals surface area contributed by atoms with Gasteiger partial charge in [-0.25, -0.2) is 4.98 Å². The molecule has 4 nitrogen and oxygen atoms in total. The van der Waals surface area contributed by atoms with Gasteiger partial charge in [0.15, 0.2) is 0 Å². The van der Waals surface area contributed by atoms with Crippen LogP contribution in [-0.4, -0.2) is 16.2 Å². The van der Waals surface area contributed by atoms with Crippen LogP contribution in [0.1, 0.15) is 17.4 Å². The van der Waals surface area contributed by atoms with Crippen molar-refractivity contribution in [2.24, 2.45) is 0 Å². The predicted octanol–water partition coefficient (Wildman–Crippen LogP) is 6.19. The molecule has 7 heteroatoms. The van der Waals surface area contributed by atoms with E-state index in [2.05, 4.69) is 4.98 Å². The van der Waals surface area contributed by atoms with Crippen molar-refractivity contribution in [3.8, 4) is 16.9 Å². The molecule has 0 aliphatic carbocycles. The van der Waals surface area contributed by atoms with Crippen molar-refractivity contribution in [1.82, 2.24) is 9.55 Å². The lowest BCUT2D eigenvalue weighted by Gasteiger charge is -2.10. The van der Waals surface area contributed by atoms with Crippen molar-refractivity contribution in [3.63, 3.8) is 0 Å². The molecule has 29 heavy (non-hydrogen) atoms. The van der Waals surface area contributed by atoms with Crippen LogP contribution in [0.5, 0.6) is 5.75 Å². The Balaban J connectivity index is 1.84. The summed E-state index contributed by atoms with van der Waals surface area (Å²) in [5, 5.41) is 1.66. The molecule has 0 saturated carbocycles. The molecule has 2 aromatic carbocycles. The second-order valence-corrected chi connectivity index (χ2v) is 8.57. The van der Waals surface area contributed by atoms with E-state index in [0.717, 1.165) is 26.6 Å². The summed E-state index contributed by atoms with van der Waals surface area (Å²) in [6.07, 6.45) is 1.56. The minimum Gasteiger partial charge on any atom is -0.494 e. The Morgan fingerprint density at radius 1 is 1.10 bits per heavy atom. The standard InChI is InChI=1S/C22H18Cl2N2O2S/c1-3-28-15-9-7-14(8-10-15)19-13(2)29-21-20(19)22(27)26(12-25-21)11-16-17(23)5-4-6-18(16)24/h4-10,12H,3,11H2,1-2H3. The van der Waals surface area contributed by atoms with Crippen LogP contribution in [0.25, 0.3) is 21.3 Å². The minimum atomic E-state index is -0.112. The summed E-state index contributed by atoms with van der Waals surface area (Å²) in [6, 6.07) is 13.1. The van der Waals surface area contributed by atoms with Gasteiger partial charge in [0.25, 0.3) is 5.56 Å². The van der Waals surface area contributed by atoms with Crippen LogP contribution in [0.3, 0.4) is 0 Å². The highest BCUT2D eigenvalue weighted by Crippen LogP contribution is 2.36. The minimum absolute atomic E-state index is 0.112. The van der Waals surface area contributed by atoms with E-state index in [4.69, 9.17) is 27.9 Å². The fourth-order valence-corrected chi connectivity index (χ4v) is 4.86. The number of aryl methyl sites for hydroxylation is 1. The van der Waals surface area contributed by atoms with Crippen molar-refractivity contribution < 1.29 is 4.74 Å². The molecular weight excluding hydrogens is 427 g/mol. The van der Waals surface area contributed by atoms with E-state index in [9.17, 15) is 4.79 Å². The Morgan fingerprint density at radius 2 is 1.79 bits per heavy atom. The summed E-state index contributed by atoms with van der Waals surface area (Å²) in [4.78, 5) is 19.6. The molecule has 0 aliphatic heterocycles. The topological polar surface area (TPSA) is 44.1 Å². The molecule has 4 rings (SSSR count). The van der Waals surface area contributed by atoms with Gasteiger partial charge in [-0.3, -0.25) is 9.36 Å². The van der Waals surface area contributed by atoms with Crippen LogP contribution in [0.2, 0.25) is 10.0 Å². The molecular formula is C22H18Cl2N2O2S. The number of hydrogen-bond acceptors (Lipinski definition) is 4. The average molecular weight is 445 g/mol. The van der Waals surface area contributed by atoms with Gasteiger partial charge in [-0.05, 0) is 43.7 Å². The summed E-state index contributed by atoms with van der Waals surface area (Å²) in [5.41, 5.74) is 2.46. The van der Waals surface area contributed by atoms with E-state index in [1.165, 1.54) is 11.3 Å². The first-order valence-electron chi connectivity index (χ1n) is 9.14. The van der Waals surface area contributed by atoms with Crippen molar-refractivity contribution >= 4 is 44.8 Å². The zero-order valence-electron chi connectivity index (χ0n) is 15.9. The van der Waals surface area contributed by atoms with Gasteiger partial charge in [0.1, 0.15) is 10.6 Å². The van der Waals surface area contributed by atoms with E-state index in [0.29, 0.717) is 27.6 Å². The number of benzene rings is 2. The molecule has 0 amide bonds. The highest BCUT2D eigenvalue weighted by molar-refractivity contribution is 7.19. The van der Waals surface area contributed by atoms with Crippen LogP contribution < -0.4 is 10.3 Å². The van der Waals surface area contributed by atoms with Crippen molar-refractivity contribution in [3.05, 3.63) is 79.6 Å². The monoisotopic (exact) mass is 444 g/mol. The fraction of sp³-hybridized carbons (Fsp3) is 0.182. The molecule has 0 radical (unpaired) electrons. The smallest absolute Gasteiger partial charge is 0.263 e. The van der Waals surface area contributed by atoms with Crippen LogP contribution >= 0.6 is 34.5 Å². The van der Waals surface area contributed by atoms with Crippen molar-refractivity contribution in [1.29, 1.82) is 0 Å². The molecule has 4 aromatic rings. The molecule has 0 unspecified atom stereocenters. The highest BCUT2D eigenvalue weighted by Gasteiger charge is 2.18. The van der Waals surface area contributed by atoms with E-state index >= 15 is 0 Å². The van der Waals surface area contributed by atoms with Gasteiger partial charge in [0.2, 0.25) is 0 Å². The molecule has 0 fully saturated rings. The molecule has 2 aromatic heterocycles. The van der Waals surface area contributed by atoms with Gasteiger partial charge in [-0.2, -0.15) is 0 Å². The van der Waals surface area contributed by atoms with Crippen LogP contribution in [0.4, 0.5) is 0 Å². The van der Waals surface area contributed by atoms with Gasteiger partial charge >= 0.3 is 0 Å². The normalized spacial score (nSPS) is 11.2. The number of hydrogen-bond donors (Lipinski definition) is 0. The Labute approximate surface area is 182 Å². The number of fused-ring (bicyclic) bond motifs is 1. The third-order valence-electron chi connectivity index (χ3n) is 4.70. The molecule has 0 aliphatic rings. The summed E-state index contributed by atoms with van der Waals surface area (Å²) in [7, 11) is 0. The molecule has 148 valence electrons. The average Bonchev–Trinajstić information content (AvgIpc) is 3.04. The van der Waals surface area contributed by atoms with E-state index in [1.807, 2.05) is 38.1 Å². The lowest BCUT2D eigenvalue weighted by atomic mass is 10.0. The molecule has 2 heterocycles. The van der Waals surface area contributed by atoms with Crippen LogP contribution in [-0.2, 0) is 6.54 Å². The third kappa shape index (κ3) is 3.78. The van der Waals surface area contributed by atoms with Crippen LogP contribution in [0, 0.1) is 6.92 Å². The number of thiophene rings is 1. The van der Waals surface area contributed by atoms with Gasteiger partial charge in [-0.15, -0.1) is 11.3 Å². The van der Waals surface area contributed by atoms with E-state index in [1.54, 1.807) is 29.1 Å². The van der Waals surface area contributed by atoms with Crippen LogP contribution in [0.15, 0.2) is 53.6 Å². The Morgan fingerprint density at radius 3 is 2.45 bits per heavy atom. The van der Waals surface area contributed by atoms with Gasteiger partial charge in [-0.1, -0.05) is 41.4 Å². The number of aromatic nitrogens is 2. The molecule has 0 spiro atoms. The first-order chi connectivity index (χ1) is 14.0. The number of halogens is 2. The largest absolute Gasteiger partial charge is 0.494 e. The Kier molecular flexibility index (Phi) is 5.63. The predicted molar refractivity (Wildman–Crippen MR) is 121 cm³/mol. The summed E-state index contributed by atoms with van der Waals surface area (Å²) < 4.78 is 7.08. The summed E-state index contributed by atoms with van der Waals surface area (Å²) in [5.74, 6) is 0.803. The second-order valence-electron chi connectivity index (χ2n) is 6.55. The van der Waals surface area contributed by atoms with Gasteiger partial charge in [0.05, 0.1) is 24.9 Å². The van der Waals surface area contributed by atoms with Gasteiger partial charge in [0, 0.05) is 26.0 Å². The molecule has 0 atom stereocenters. The van der Waals surface area contributed by atoms with Crippen molar-refractivity contribution in [2.75, 3.05) is 6.61 Å². The number of nitrogens with zero attached hydrogens (tertiary/aromatic N) is 2. The highest BCUT2D eigenvalue weighted by atomic mass is 35.5. The quantitative estimate of drug-likeness (QED) is 0.368. The maximum absolute atomic E-state index is 13.4. The van der Waals surface area contributed by atoms with Crippen molar-refractivity contribution in [2.45, 2.75) is 20.4 Å². The second kappa shape index (κ2) is 8.19. The first-order valence-corrected chi connectivity index (χ1v) is 10.7. The Bertz CT molecular complexity index is 1230. The van der Waals surface area contributed by atoms with E-state index in [-0.39, 0.29) is 12.1 Å². The maximum atomic E-state index is 13.4. The first kappa shape index (κ1) is 20.0. The molecule has 0 saturated heterocycles. The molecule has 0 N–H and O–H groups in total. The molecule has 0 bridgehead atoms. The third-order valence-corrected chi connectivity index (χ3v) is 6.42. The zero-order chi connectivity index (χ0) is 20.5. The summed E-state index contributed by atoms with van der Waals surface area (Å²) in [6.45, 7) is 4.83. The van der Waals surface area contributed by atoms with Gasteiger partial charge < -0.3 is 4.74 Å².